The van der Waals surface area contributed by atoms with E-state index in [0.29, 0.717) is 19.3 Å². The van der Waals surface area contributed by atoms with Crippen LogP contribution in [0.25, 0.3) is 0 Å². The van der Waals surface area contributed by atoms with Crippen molar-refractivity contribution in [3.63, 3.8) is 0 Å². The van der Waals surface area contributed by atoms with Gasteiger partial charge in [0.25, 0.3) is 0 Å². The number of hydrogen-bond acceptors (Lipinski definition) is 5. The van der Waals surface area contributed by atoms with Gasteiger partial charge in [-0.3, -0.25) is 9.59 Å². The van der Waals surface area contributed by atoms with Gasteiger partial charge in [-0.2, -0.15) is 0 Å². The van der Waals surface area contributed by atoms with Crippen molar-refractivity contribution in [2.24, 2.45) is 0 Å². The second-order valence-corrected chi connectivity index (χ2v) is 20.1. The molecule has 1 amide bonds. The van der Waals surface area contributed by atoms with E-state index < -0.39 is 18.2 Å². The number of amides is 1. The van der Waals surface area contributed by atoms with Crippen LogP contribution < -0.4 is 5.32 Å². The molecule has 0 aliphatic rings. The number of carbonyl (C=O) groups excluding carboxylic acids is 2. The largest absolute Gasteiger partial charge is 0.462 e. The van der Waals surface area contributed by atoms with Crippen molar-refractivity contribution in [2.45, 2.75) is 341 Å². The fourth-order valence-corrected chi connectivity index (χ4v) is 9.19. The van der Waals surface area contributed by atoms with Crippen molar-refractivity contribution in [3.8, 4) is 0 Å². The van der Waals surface area contributed by atoms with Gasteiger partial charge in [-0.05, 0) is 51.4 Å². The number of unbranched alkanes of at least 4 members (excludes halogenated alkanes) is 39. The lowest BCUT2D eigenvalue weighted by Gasteiger charge is -2.24. The molecule has 0 aromatic carbocycles. The molecule has 3 unspecified atom stereocenters. The maximum Gasteiger partial charge on any atom is 0.306 e. The fourth-order valence-electron chi connectivity index (χ4n) is 9.19. The SMILES string of the molecule is CCCCCCCCCCC/C=C/CCCCCCCC(=O)OC(CCCCCCCCCCCCCC)CC(=O)NC(CO)C(O)CCCCCCCCCCCCCCCCC. The first-order valence-corrected chi connectivity index (χ1v) is 28.9. The Kier molecular flexibility index (Phi) is 51.4. The summed E-state index contributed by atoms with van der Waals surface area (Å²) >= 11 is 0. The Morgan fingerprint density at radius 3 is 1.11 bits per heavy atom. The molecule has 0 aromatic heterocycles. The minimum atomic E-state index is -0.783. The topological polar surface area (TPSA) is 95.9 Å². The summed E-state index contributed by atoms with van der Waals surface area (Å²) in [7, 11) is 0. The summed E-state index contributed by atoms with van der Waals surface area (Å²) < 4.78 is 5.96. The van der Waals surface area contributed by atoms with E-state index in [-0.39, 0.29) is 24.9 Å². The van der Waals surface area contributed by atoms with Crippen LogP contribution in [0.5, 0.6) is 0 Å². The lowest BCUT2D eigenvalue weighted by molar-refractivity contribution is -0.151. The molecule has 0 radical (unpaired) electrons. The summed E-state index contributed by atoms with van der Waals surface area (Å²) in [5, 5.41) is 23.9. The van der Waals surface area contributed by atoms with E-state index in [2.05, 4.69) is 38.2 Å². The summed E-state index contributed by atoms with van der Waals surface area (Å²) in [6, 6.07) is -0.697. The van der Waals surface area contributed by atoms with Crippen LogP contribution in [0.3, 0.4) is 0 Å². The number of hydrogen-bond donors (Lipinski definition) is 3. The number of rotatable bonds is 53. The van der Waals surface area contributed by atoms with E-state index in [0.717, 1.165) is 51.4 Å². The molecular weight excluding hydrogens is 791 g/mol. The molecule has 380 valence electrons. The average Bonchev–Trinajstić information content (AvgIpc) is 3.29. The Hall–Kier alpha value is -1.40. The molecule has 0 aliphatic carbocycles. The molecule has 6 nitrogen and oxygen atoms in total. The maximum absolute atomic E-state index is 13.2. The highest BCUT2D eigenvalue weighted by molar-refractivity contribution is 5.77. The van der Waals surface area contributed by atoms with Crippen molar-refractivity contribution in [1.29, 1.82) is 0 Å². The monoisotopic (exact) mass is 904 g/mol. The normalized spacial score (nSPS) is 13.1. The molecule has 0 saturated heterocycles. The zero-order valence-electron chi connectivity index (χ0n) is 43.4. The smallest absolute Gasteiger partial charge is 0.306 e. The van der Waals surface area contributed by atoms with Gasteiger partial charge in [-0.15, -0.1) is 0 Å². The molecule has 0 bridgehead atoms. The van der Waals surface area contributed by atoms with Crippen LogP contribution in [-0.2, 0) is 14.3 Å². The molecule has 0 aromatic rings. The average molecular weight is 905 g/mol. The van der Waals surface area contributed by atoms with Gasteiger partial charge >= 0.3 is 5.97 Å². The third-order valence-corrected chi connectivity index (χ3v) is 13.6. The van der Waals surface area contributed by atoms with E-state index in [1.807, 2.05) is 0 Å². The van der Waals surface area contributed by atoms with Crippen molar-refractivity contribution in [1.82, 2.24) is 5.32 Å². The highest BCUT2D eigenvalue weighted by atomic mass is 16.5. The van der Waals surface area contributed by atoms with E-state index in [1.165, 1.54) is 225 Å². The second-order valence-electron chi connectivity index (χ2n) is 20.1. The number of ether oxygens (including phenoxy) is 1. The minimum Gasteiger partial charge on any atom is -0.462 e. The number of nitrogens with one attached hydrogen (secondary N) is 1. The Labute approximate surface area is 399 Å². The van der Waals surface area contributed by atoms with Gasteiger partial charge < -0.3 is 20.3 Å². The molecule has 0 spiro atoms. The molecule has 0 saturated carbocycles. The number of esters is 1. The van der Waals surface area contributed by atoms with Gasteiger partial charge in [0.15, 0.2) is 0 Å². The highest BCUT2D eigenvalue weighted by Crippen LogP contribution is 2.19. The minimum absolute atomic E-state index is 0.0819. The Morgan fingerprint density at radius 2 is 0.750 bits per heavy atom. The number of aliphatic hydroxyl groups is 2. The van der Waals surface area contributed by atoms with Gasteiger partial charge in [0, 0.05) is 6.42 Å². The lowest BCUT2D eigenvalue weighted by Crippen LogP contribution is -2.46. The maximum atomic E-state index is 13.2. The van der Waals surface area contributed by atoms with Crippen LogP contribution in [0.1, 0.15) is 323 Å². The Bertz CT molecular complexity index is 970. The van der Waals surface area contributed by atoms with Gasteiger partial charge in [-0.25, -0.2) is 0 Å². The van der Waals surface area contributed by atoms with Gasteiger partial charge in [0.1, 0.15) is 6.10 Å². The summed E-state index contributed by atoms with van der Waals surface area (Å²) in [6.07, 6.45) is 59.9. The van der Waals surface area contributed by atoms with Gasteiger partial charge in [0.2, 0.25) is 5.91 Å². The molecule has 0 heterocycles. The van der Waals surface area contributed by atoms with Crippen LogP contribution in [0, 0.1) is 0 Å². The van der Waals surface area contributed by atoms with Gasteiger partial charge in [-0.1, -0.05) is 270 Å². The molecule has 3 atom stereocenters. The van der Waals surface area contributed by atoms with Crippen LogP contribution >= 0.6 is 0 Å². The summed E-state index contributed by atoms with van der Waals surface area (Å²) in [6.45, 7) is 6.52. The zero-order chi connectivity index (χ0) is 46.7. The molecule has 0 fully saturated rings. The first-order chi connectivity index (χ1) is 31.5. The molecular formula is C58H113NO5. The molecule has 0 aliphatic heterocycles. The predicted octanol–water partition coefficient (Wildman–Crippen LogP) is 17.7. The zero-order valence-corrected chi connectivity index (χ0v) is 43.4. The van der Waals surface area contributed by atoms with Crippen LogP contribution in [0.2, 0.25) is 0 Å². The van der Waals surface area contributed by atoms with E-state index in [1.54, 1.807) is 0 Å². The first-order valence-electron chi connectivity index (χ1n) is 28.9. The first kappa shape index (κ1) is 62.6. The quantitative estimate of drug-likeness (QED) is 0.0321. The molecule has 6 heteroatoms. The highest BCUT2D eigenvalue weighted by Gasteiger charge is 2.24. The summed E-state index contributed by atoms with van der Waals surface area (Å²) in [4.78, 5) is 26.2. The second kappa shape index (κ2) is 52.6. The van der Waals surface area contributed by atoms with E-state index in [9.17, 15) is 19.8 Å². The Morgan fingerprint density at radius 1 is 0.438 bits per heavy atom. The lowest BCUT2D eigenvalue weighted by atomic mass is 10.0. The standard InChI is InChI=1S/C58H113NO5/c1-4-7-10-13-16-19-22-25-27-28-29-31-33-36-39-42-45-48-51-58(63)64-54(49-46-43-40-37-34-24-21-18-15-12-9-6-3)52-57(62)59-55(53-60)56(61)50-47-44-41-38-35-32-30-26-23-20-17-14-11-8-5-2/h29,31,54-56,60-61H,4-28,30,32-53H2,1-3H3,(H,59,62)/b31-29+. The van der Waals surface area contributed by atoms with Crippen LogP contribution in [-0.4, -0.2) is 46.9 Å². The fraction of sp³-hybridized carbons (Fsp3) is 0.931. The summed E-state index contributed by atoms with van der Waals surface area (Å²) in [5.41, 5.74) is 0. The number of aliphatic hydroxyl groups excluding tert-OH is 2. The third-order valence-electron chi connectivity index (χ3n) is 13.6. The van der Waals surface area contributed by atoms with Crippen molar-refractivity contribution >= 4 is 11.9 Å². The number of carbonyl (C=O) groups is 2. The Balaban J connectivity index is 4.46. The van der Waals surface area contributed by atoms with Crippen molar-refractivity contribution < 1.29 is 24.5 Å². The molecule has 64 heavy (non-hydrogen) atoms. The van der Waals surface area contributed by atoms with Crippen LogP contribution in [0.4, 0.5) is 0 Å². The van der Waals surface area contributed by atoms with Crippen molar-refractivity contribution in [2.75, 3.05) is 6.61 Å². The number of allylic oxidation sites excluding steroid dienone is 2. The third kappa shape index (κ3) is 47.1. The van der Waals surface area contributed by atoms with Crippen molar-refractivity contribution in [3.05, 3.63) is 12.2 Å². The van der Waals surface area contributed by atoms with E-state index in [4.69, 9.17) is 4.74 Å². The van der Waals surface area contributed by atoms with Gasteiger partial charge in [0.05, 0.1) is 25.2 Å². The van der Waals surface area contributed by atoms with Crippen LogP contribution in [0.15, 0.2) is 12.2 Å². The molecule has 3 N–H and O–H groups in total. The van der Waals surface area contributed by atoms with E-state index >= 15 is 0 Å². The summed E-state index contributed by atoms with van der Waals surface area (Å²) in [5.74, 6) is -0.461. The predicted molar refractivity (Wildman–Crippen MR) is 278 cm³/mol. The molecule has 0 rings (SSSR count).